The summed E-state index contributed by atoms with van der Waals surface area (Å²) in [5, 5.41) is 0.869. The van der Waals surface area contributed by atoms with Gasteiger partial charge >= 0.3 is 5.63 Å². The third-order valence-corrected chi connectivity index (χ3v) is 4.59. The molecule has 0 aliphatic carbocycles. The molecule has 0 spiro atoms. The average Bonchev–Trinajstić information content (AvgIpc) is 2.66. The highest BCUT2D eigenvalue weighted by molar-refractivity contribution is 5.97. The number of aryl methyl sites for hydroxylation is 2. The molecular weight excluding hydrogens is 332 g/mol. The van der Waals surface area contributed by atoms with Crippen molar-refractivity contribution in [1.82, 2.24) is 0 Å². The molecule has 26 heavy (non-hydrogen) atoms. The van der Waals surface area contributed by atoms with E-state index in [0.717, 1.165) is 10.9 Å². The molecule has 134 valence electrons. The van der Waals surface area contributed by atoms with Gasteiger partial charge in [-0.3, -0.25) is 4.79 Å². The lowest BCUT2D eigenvalue weighted by atomic mass is 10.0. The van der Waals surface area contributed by atoms with Crippen LogP contribution in [0.4, 0.5) is 0 Å². The Morgan fingerprint density at radius 2 is 1.65 bits per heavy atom. The van der Waals surface area contributed by atoms with Gasteiger partial charge in [0.05, 0.1) is 7.11 Å². The fourth-order valence-corrected chi connectivity index (χ4v) is 2.78. The smallest absolute Gasteiger partial charge is 0.339 e. The van der Waals surface area contributed by atoms with Gasteiger partial charge in [0.1, 0.15) is 17.1 Å². The van der Waals surface area contributed by atoms with E-state index in [9.17, 15) is 9.59 Å². The summed E-state index contributed by atoms with van der Waals surface area (Å²) in [6.45, 7) is 5.34. The highest BCUT2D eigenvalue weighted by Gasteiger charge is 2.14. The van der Waals surface area contributed by atoms with Crippen molar-refractivity contribution in [2.75, 3.05) is 13.7 Å². The van der Waals surface area contributed by atoms with Gasteiger partial charge in [-0.15, -0.1) is 0 Å². The first kappa shape index (κ1) is 17.7. The van der Waals surface area contributed by atoms with E-state index in [1.807, 2.05) is 19.9 Å². The summed E-state index contributed by atoms with van der Waals surface area (Å²) in [5.41, 5.74) is 2.87. The van der Waals surface area contributed by atoms with Crippen LogP contribution in [-0.4, -0.2) is 19.5 Å². The largest absolute Gasteiger partial charge is 0.497 e. The van der Waals surface area contributed by atoms with Gasteiger partial charge in [-0.1, -0.05) is 0 Å². The Balaban J connectivity index is 1.84. The van der Waals surface area contributed by atoms with E-state index in [4.69, 9.17) is 13.9 Å². The summed E-state index contributed by atoms with van der Waals surface area (Å²) in [7, 11) is 1.57. The Bertz CT molecular complexity index is 1030. The molecule has 0 aliphatic rings. The van der Waals surface area contributed by atoms with Crippen molar-refractivity contribution in [1.29, 1.82) is 0 Å². The quantitative estimate of drug-likeness (QED) is 0.513. The van der Waals surface area contributed by atoms with Crippen molar-refractivity contribution >= 4 is 16.8 Å². The van der Waals surface area contributed by atoms with Crippen molar-refractivity contribution in [3.63, 3.8) is 0 Å². The lowest BCUT2D eigenvalue weighted by molar-refractivity contribution is 0.0921. The van der Waals surface area contributed by atoms with E-state index in [0.29, 0.717) is 33.8 Å². The maximum atomic E-state index is 12.3. The van der Waals surface area contributed by atoms with Crippen LogP contribution in [0, 0.1) is 20.8 Å². The van der Waals surface area contributed by atoms with Crippen LogP contribution in [0.2, 0.25) is 0 Å². The molecule has 0 amide bonds. The average molecular weight is 352 g/mol. The highest BCUT2D eigenvalue weighted by Crippen LogP contribution is 2.29. The van der Waals surface area contributed by atoms with Gasteiger partial charge in [0.15, 0.2) is 12.4 Å². The van der Waals surface area contributed by atoms with Gasteiger partial charge in [-0.05, 0) is 62.7 Å². The molecule has 0 N–H and O–H groups in total. The van der Waals surface area contributed by atoms with Crippen LogP contribution >= 0.6 is 0 Å². The molecule has 5 nitrogen and oxygen atoms in total. The van der Waals surface area contributed by atoms with Gasteiger partial charge in [-0.25, -0.2) is 4.79 Å². The molecule has 0 fully saturated rings. The molecule has 1 heterocycles. The van der Waals surface area contributed by atoms with Crippen LogP contribution in [-0.2, 0) is 0 Å². The molecule has 1 aromatic heterocycles. The Morgan fingerprint density at radius 3 is 2.31 bits per heavy atom. The summed E-state index contributed by atoms with van der Waals surface area (Å²) < 4.78 is 16.2. The minimum absolute atomic E-state index is 0.103. The molecule has 0 saturated heterocycles. The summed E-state index contributed by atoms with van der Waals surface area (Å²) in [6.07, 6.45) is 0. The van der Waals surface area contributed by atoms with E-state index in [2.05, 4.69) is 0 Å². The molecule has 3 aromatic rings. The number of hydrogen-bond donors (Lipinski definition) is 0. The zero-order valence-corrected chi connectivity index (χ0v) is 15.2. The Kier molecular flexibility index (Phi) is 4.80. The number of fused-ring (bicyclic) bond motifs is 1. The summed E-state index contributed by atoms with van der Waals surface area (Å²) in [5.74, 6) is 1.06. The van der Waals surface area contributed by atoms with E-state index in [-0.39, 0.29) is 18.0 Å². The maximum absolute atomic E-state index is 12.3. The zero-order chi connectivity index (χ0) is 18.8. The van der Waals surface area contributed by atoms with Gasteiger partial charge in [-0.2, -0.15) is 0 Å². The van der Waals surface area contributed by atoms with Gasteiger partial charge in [0.25, 0.3) is 0 Å². The Morgan fingerprint density at radius 1 is 0.962 bits per heavy atom. The first-order chi connectivity index (χ1) is 12.4. The van der Waals surface area contributed by atoms with Crippen molar-refractivity contribution in [3.8, 4) is 11.5 Å². The number of ether oxygens (including phenoxy) is 2. The Hall–Kier alpha value is -3.08. The number of benzene rings is 2. The van der Waals surface area contributed by atoms with Crippen LogP contribution < -0.4 is 15.1 Å². The molecule has 5 heteroatoms. The van der Waals surface area contributed by atoms with Crippen molar-refractivity contribution in [2.24, 2.45) is 0 Å². The normalized spacial score (nSPS) is 10.8. The van der Waals surface area contributed by atoms with E-state index < -0.39 is 0 Å². The fraction of sp³-hybridized carbons (Fsp3) is 0.238. The SMILES string of the molecule is COc1ccc(C(=O)COc2ccc3c(C)c(C)c(=O)oc3c2C)cc1. The van der Waals surface area contributed by atoms with Crippen molar-refractivity contribution < 1.29 is 18.7 Å². The van der Waals surface area contributed by atoms with Crippen LogP contribution in [0.1, 0.15) is 27.0 Å². The molecule has 0 saturated carbocycles. The number of carbonyl (C=O) groups excluding carboxylic acids is 1. The third-order valence-electron chi connectivity index (χ3n) is 4.59. The van der Waals surface area contributed by atoms with E-state index >= 15 is 0 Å². The summed E-state index contributed by atoms with van der Waals surface area (Å²) >= 11 is 0. The van der Waals surface area contributed by atoms with Gasteiger partial charge < -0.3 is 13.9 Å². The minimum atomic E-state index is -0.357. The van der Waals surface area contributed by atoms with E-state index in [1.165, 1.54) is 0 Å². The lowest BCUT2D eigenvalue weighted by Crippen LogP contribution is -2.12. The van der Waals surface area contributed by atoms with Gasteiger partial charge in [0, 0.05) is 22.1 Å². The number of carbonyl (C=O) groups is 1. The molecule has 0 bridgehead atoms. The second-order valence-corrected chi connectivity index (χ2v) is 6.15. The van der Waals surface area contributed by atoms with Crippen molar-refractivity contribution in [2.45, 2.75) is 20.8 Å². The monoisotopic (exact) mass is 352 g/mol. The number of hydrogen-bond acceptors (Lipinski definition) is 5. The van der Waals surface area contributed by atoms with Gasteiger partial charge in [0.2, 0.25) is 0 Å². The molecule has 0 radical (unpaired) electrons. The molecule has 0 unspecified atom stereocenters. The fourth-order valence-electron chi connectivity index (χ4n) is 2.78. The first-order valence-electron chi connectivity index (χ1n) is 8.26. The second kappa shape index (κ2) is 7.04. The molecule has 2 aromatic carbocycles. The first-order valence-corrected chi connectivity index (χ1v) is 8.26. The summed E-state index contributed by atoms with van der Waals surface area (Å²) in [6, 6.07) is 10.5. The predicted molar refractivity (Wildman–Crippen MR) is 99.5 cm³/mol. The molecule has 0 aliphatic heterocycles. The van der Waals surface area contributed by atoms with Crippen LogP contribution in [0.15, 0.2) is 45.6 Å². The third kappa shape index (κ3) is 3.20. The standard InChI is InChI=1S/C21H20O5/c1-12-13(2)21(23)26-20-14(3)19(10-9-17(12)20)25-11-18(22)15-5-7-16(24-4)8-6-15/h5-10H,11H2,1-4H3. The number of methoxy groups -OCH3 is 1. The number of Topliss-reactive ketones (excluding diaryl/α,β-unsaturated/α-hetero) is 1. The molecular formula is C21H20O5. The van der Waals surface area contributed by atoms with Crippen LogP contribution in [0.3, 0.4) is 0 Å². The highest BCUT2D eigenvalue weighted by atomic mass is 16.5. The lowest BCUT2D eigenvalue weighted by Gasteiger charge is -2.12. The van der Waals surface area contributed by atoms with E-state index in [1.54, 1.807) is 44.4 Å². The van der Waals surface area contributed by atoms with Crippen molar-refractivity contribution in [3.05, 3.63) is 69.1 Å². The van der Waals surface area contributed by atoms with Crippen LogP contribution in [0.5, 0.6) is 11.5 Å². The zero-order valence-electron chi connectivity index (χ0n) is 15.2. The minimum Gasteiger partial charge on any atom is -0.497 e. The topological polar surface area (TPSA) is 65.7 Å². The Labute approximate surface area is 151 Å². The number of ketones is 1. The second-order valence-electron chi connectivity index (χ2n) is 6.15. The maximum Gasteiger partial charge on any atom is 0.339 e. The number of rotatable bonds is 5. The molecule has 0 atom stereocenters. The molecule has 3 rings (SSSR count). The van der Waals surface area contributed by atoms with Crippen LogP contribution in [0.25, 0.3) is 11.0 Å². The predicted octanol–water partition coefficient (Wildman–Crippen LogP) is 3.99. The summed E-state index contributed by atoms with van der Waals surface area (Å²) in [4.78, 5) is 24.3.